The van der Waals surface area contributed by atoms with Crippen molar-refractivity contribution in [1.82, 2.24) is 19.9 Å². The molecule has 0 saturated carbocycles. The Morgan fingerprint density at radius 2 is 1.91 bits per heavy atom. The molecule has 2 N–H and O–H groups in total. The molecule has 0 spiro atoms. The molecule has 2 bridgehead atoms. The van der Waals surface area contributed by atoms with Gasteiger partial charge in [-0.1, -0.05) is 0 Å². The summed E-state index contributed by atoms with van der Waals surface area (Å²) in [5.41, 5.74) is -0.193. The van der Waals surface area contributed by atoms with Crippen molar-refractivity contribution < 1.29 is 28.2 Å². The number of methoxy groups -OCH3 is 1. The van der Waals surface area contributed by atoms with Gasteiger partial charge in [-0.15, -0.1) is 0 Å². The van der Waals surface area contributed by atoms with Crippen LogP contribution in [0.15, 0.2) is 36.5 Å². The van der Waals surface area contributed by atoms with Crippen LogP contribution in [0.25, 0.3) is 11.3 Å². The van der Waals surface area contributed by atoms with E-state index in [1.807, 2.05) is 20.8 Å². The second-order valence-corrected chi connectivity index (χ2v) is 11.4. The van der Waals surface area contributed by atoms with E-state index < -0.39 is 17.4 Å². The predicted molar refractivity (Wildman–Crippen MR) is 157 cm³/mol. The molecule has 12 nitrogen and oxygen atoms in total. The number of nitrogens with zero attached hydrogens (tertiary/aromatic N) is 5. The quantitative estimate of drug-likeness (QED) is 0.430. The van der Waals surface area contributed by atoms with Crippen LogP contribution in [0.2, 0.25) is 0 Å². The largest absolute Gasteiger partial charge is 0.497 e. The van der Waals surface area contributed by atoms with Crippen LogP contribution in [0.4, 0.5) is 26.6 Å². The van der Waals surface area contributed by atoms with Crippen molar-refractivity contribution in [3.8, 4) is 22.9 Å². The number of anilines is 3. The van der Waals surface area contributed by atoms with Crippen LogP contribution >= 0.6 is 0 Å². The van der Waals surface area contributed by atoms with Gasteiger partial charge in [0.25, 0.3) is 5.91 Å². The number of halogens is 1. The van der Waals surface area contributed by atoms with E-state index in [1.54, 1.807) is 23.1 Å². The van der Waals surface area contributed by atoms with Gasteiger partial charge >= 0.3 is 6.03 Å². The second-order valence-electron chi connectivity index (χ2n) is 11.4. The number of ether oxygens (including phenoxy) is 3. The Bertz CT molecular complexity index is 1550. The van der Waals surface area contributed by atoms with Gasteiger partial charge in [-0.2, -0.15) is 4.98 Å². The zero-order valence-electron chi connectivity index (χ0n) is 24.5. The minimum atomic E-state index is -0.735. The van der Waals surface area contributed by atoms with Crippen LogP contribution in [-0.4, -0.2) is 82.9 Å². The SMILES string of the molecule is CCN1CC(C)(C)Oc2nc(N3C4CCC3COC4)nc(-c3ccc(NC(=O)Nc4cc(OC)ccn4)cc3F)c2C1=O. The summed E-state index contributed by atoms with van der Waals surface area (Å²) >= 11 is 0. The second kappa shape index (κ2) is 11.3. The third kappa shape index (κ3) is 5.64. The normalized spacial score (nSPS) is 20.6. The molecule has 0 radical (unpaired) electrons. The minimum Gasteiger partial charge on any atom is -0.497 e. The summed E-state index contributed by atoms with van der Waals surface area (Å²) in [5.74, 6) is 0.296. The van der Waals surface area contributed by atoms with Crippen molar-refractivity contribution in [2.75, 3.05) is 48.9 Å². The van der Waals surface area contributed by atoms with E-state index in [-0.39, 0.29) is 52.2 Å². The van der Waals surface area contributed by atoms with Gasteiger partial charge in [0.05, 0.1) is 44.6 Å². The first-order valence-corrected chi connectivity index (χ1v) is 14.3. The Hall–Kier alpha value is -4.52. The van der Waals surface area contributed by atoms with Gasteiger partial charge in [0, 0.05) is 30.1 Å². The lowest BCUT2D eigenvalue weighted by atomic mass is 10.0. The third-order valence-electron chi connectivity index (χ3n) is 7.85. The number of likely N-dealkylation sites (N-methyl/N-ethyl adjacent to an activating group) is 1. The van der Waals surface area contributed by atoms with Crippen LogP contribution in [0, 0.1) is 5.82 Å². The maximum absolute atomic E-state index is 15.9. The molecule has 226 valence electrons. The highest BCUT2D eigenvalue weighted by atomic mass is 19.1. The molecular weight excluding hydrogens is 557 g/mol. The average Bonchev–Trinajstić information content (AvgIpc) is 3.16. The number of carbonyl (C=O) groups excluding carboxylic acids is 2. The van der Waals surface area contributed by atoms with Crippen molar-refractivity contribution in [3.05, 3.63) is 47.9 Å². The number of hydrogen-bond acceptors (Lipinski definition) is 9. The zero-order chi connectivity index (χ0) is 30.3. The van der Waals surface area contributed by atoms with Crippen molar-refractivity contribution in [2.24, 2.45) is 0 Å². The van der Waals surface area contributed by atoms with E-state index in [1.165, 1.54) is 25.4 Å². The maximum atomic E-state index is 15.9. The number of aromatic nitrogens is 3. The molecule has 2 saturated heterocycles. The van der Waals surface area contributed by atoms with Crippen molar-refractivity contribution in [2.45, 2.75) is 51.3 Å². The van der Waals surface area contributed by atoms with Crippen LogP contribution in [-0.2, 0) is 4.74 Å². The molecule has 13 heteroatoms. The molecule has 0 aliphatic carbocycles. The molecule has 3 aromatic rings. The summed E-state index contributed by atoms with van der Waals surface area (Å²) in [6.45, 7) is 7.52. The van der Waals surface area contributed by atoms with E-state index in [0.717, 1.165) is 12.8 Å². The molecule has 2 atom stereocenters. The lowest BCUT2D eigenvalue weighted by molar-refractivity contribution is 0.0540. The summed E-state index contributed by atoms with van der Waals surface area (Å²) in [6, 6.07) is 6.99. The van der Waals surface area contributed by atoms with Crippen molar-refractivity contribution in [3.63, 3.8) is 0 Å². The number of amides is 3. The summed E-state index contributed by atoms with van der Waals surface area (Å²) < 4.78 is 33.2. The Balaban J connectivity index is 1.38. The van der Waals surface area contributed by atoms with Gasteiger partial charge in [0.15, 0.2) is 0 Å². The lowest BCUT2D eigenvalue weighted by Gasteiger charge is -2.35. The van der Waals surface area contributed by atoms with Gasteiger partial charge < -0.3 is 29.3 Å². The van der Waals surface area contributed by atoms with Gasteiger partial charge in [0.1, 0.15) is 28.5 Å². The third-order valence-corrected chi connectivity index (χ3v) is 7.85. The summed E-state index contributed by atoms with van der Waals surface area (Å²) in [7, 11) is 1.51. The first-order chi connectivity index (χ1) is 20.7. The molecule has 1 aromatic carbocycles. The highest BCUT2D eigenvalue weighted by Gasteiger charge is 2.42. The number of carbonyl (C=O) groups is 2. The number of nitrogens with one attached hydrogen (secondary N) is 2. The Kier molecular flexibility index (Phi) is 7.50. The van der Waals surface area contributed by atoms with Crippen molar-refractivity contribution >= 4 is 29.4 Å². The van der Waals surface area contributed by atoms with E-state index in [9.17, 15) is 9.59 Å². The topological polar surface area (TPSA) is 131 Å². The van der Waals surface area contributed by atoms with Crippen LogP contribution in [0.3, 0.4) is 0 Å². The number of rotatable bonds is 6. The van der Waals surface area contributed by atoms with E-state index in [4.69, 9.17) is 24.2 Å². The molecule has 2 unspecified atom stereocenters. The van der Waals surface area contributed by atoms with Gasteiger partial charge in [0.2, 0.25) is 11.8 Å². The van der Waals surface area contributed by atoms with Crippen molar-refractivity contribution in [1.29, 1.82) is 0 Å². The monoisotopic (exact) mass is 591 g/mol. The predicted octanol–water partition coefficient (Wildman–Crippen LogP) is 4.33. The van der Waals surface area contributed by atoms with E-state index in [0.29, 0.717) is 38.0 Å². The highest BCUT2D eigenvalue weighted by molar-refractivity contribution is 6.03. The highest BCUT2D eigenvalue weighted by Crippen LogP contribution is 2.40. The number of fused-ring (bicyclic) bond motifs is 3. The lowest BCUT2D eigenvalue weighted by Crippen LogP contribution is -2.47. The molecule has 3 aliphatic heterocycles. The molecule has 6 rings (SSSR count). The maximum Gasteiger partial charge on any atom is 0.324 e. The van der Waals surface area contributed by atoms with Crippen LogP contribution in [0.1, 0.15) is 44.0 Å². The zero-order valence-corrected chi connectivity index (χ0v) is 24.5. The molecule has 2 fully saturated rings. The average molecular weight is 592 g/mol. The molecule has 43 heavy (non-hydrogen) atoms. The molecule has 2 aromatic heterocycles. The van der Waals surface area contributed by atoms with E-state index in [2.05, 4.69) is 20.5 Å². The Labute approximate surface area is 248 Å². The fourth-order valence-corrected chi connectivity index (χ4v) is 5.87. The van der Waals surface area contributed by atoms with Gasteiger partial charge in [-0.25, -0.2) is 19.2 Å². The van der Waals surface area contributed by atoms with Crippen LogP contribution < -0.4 is 25.0 Å². The molecular formula is C30H34FN7O5. The van der Waals surface area contributed by atoms with Gasteiger partial charge in [-0.3, -0.25) is 10.1 Å². The Morgan fingerprint density at radius 3 is 2.60 bits per heavy atom. The number of hydrogen-bond donors (Lipinski definition) is 2. The van der Waals surface area contributed by atoms with E-state index >= 15 is 4.39 Å². The molecule has 5 heterocycles. The van der Waals surface area contributed by atoms with Crippen LogP contribution in [0.5, 0.6) is 11.6 Å². The first-order valence-electron chi connectivity index (χ1n) is 14.3. The first kappa shape index (κ1) is 28.6. The summed E-state index contributed by atoms with van der Waals surface area (Å²) in [6.07, 6.45) is 3.35. The number of urea groups is 1. The minimum absolute atomic E-state index is 0.0836. The fraction of sp³-hybridized carbons (Fsp3) is 0.433. The fourth-order valence-electron chi connectivity index (χ4n) is 5.87. The number of benzene rings is 1. The molecule has 3 aliphatic rings. The number of morpholine rings is 1. The molecule has 3 amide bonds. The smallest absolute Gasteiger partial charge is 0.324 e. The summed E-state index contributed by atoms with van der Waals surface area (Å²) in [5, 5.41) is 5.21. The summed E-state index contributed by atoms with van der Waals surface area (Å²) in [4.78, 5) is 43.9. The Morgan fingerprint density at radius 1 is 1.14 bits per heavy atom. The number of pyridine rings is 1. The standard InChI is InChI=1S/C30H34FN7O5/c1-5-37-16-30(2,3)43-26-24(27(37)39)25(35-28(36-26)38-18-7-8-19(38)15-42-14-18)21-9-6-17(12-22(21)31)33-29(40)34-23-13-20(41-4)10-11-32-23/h6,9-13,18-19H,5,7-8,14-16H2,1-4H3,(H2,32,33,34,40). The van der Waals surface area contributed by atoms with Gasteiger partial charge in [-0.05, 0) is 57.9 Å².